The summed E-state index contributed by atoms with van der Waals surface area (Å²) >= 11 is 0. The second kappa shape index (κ2) is 5.15. The molecular formula is C22H17N2O+. The summed E-state index contributed by atoms with van der Waals surface area (Å²) in [6.45, 7) is 2.17. The minimum atomic E-state index is 0.827. The lowest BCUT2D eigenvalue weighted by Crippen LogP contribution is -2.30. The Kier molecular flexibility index (Phi) is 2.92. The Morgan fingerprint density at radius 1 is 0.920 bits per heavy atom. The van der Waals surface area contributed by atoms with Crippen LogP contribution in [-0.4, -0.2) is 4.98 Å². The molecule has 5 rings (SSSR count). The molecule has 3 heteroatoms. The molecule has 0 unspecified atom stereocenters. The van der Waals surface area contributed by atoms with Gasteiger partial charge >= 0.3 is 0 Å². The second-order valence-electron chi connectivity index (χ2n) is 6.40. The van der Waals surface area contributed by atoms with Gasteiger partial charge in [0.1, 0.15) is 12.6 Å². The first-order chi connectivity index (χ1) is 12.3. The molecule has 5 aromatic rings. The molecule has 0 aliphatic rings. The predicted molar refractivity (Wildman–Crippen MR) is 100 cm³/mol. The predicted octanol–water partition coefficient (Wildman–Crippen LogP) is 4.93. The van der Waals surface area contributed by atoms with Crippen LogP contribution < -0.4 is 4.57 Å². The molecule has 0 atom stereocenters. The fraction of sp³-hybridized carbons (Fsp3) is 0.0909. The van der Waals surface area contributed by atoms with Crippen molar-refractivity contribution in [3.05, 3.63) is 72.6 Å². The van der Waals surface area contributed by atoms with Crippen molar-refractivity contribution in [1.29, 1.82) is 0 Å². The number of furan rings is 1. The van der Waals surface area contributed by atoms with Crippen LogP contribution in [-0.2, 0) is 7.05 Å². The molecule has 0 aliphatic carbocycles. The van der Waals surface area contributed by atoms with Gasteiger partial charge in [-0.1, -0.05) is 24.3 Å². The summed E-state index contributed by atoms with van der Waals surface area (Å²) in [5.74, 6) is 0. The van der Waals surface area contributed by atoms with Crippen molar-refractivity contribution in [1.82, 2.24) is 4.98 Å². The summed E-state index contributed by atoms with van der Waals surface area (Å²) in [5.41, 5.74) is 6.15. The van der Waals surface area contributed by atoms with Gasteiger partial charge in [0.2, 0.25) is 5.69 Å². The number of nitrogens with zero attached hydrogens (tertiary/aromatic N) is 2. The van der Waals surface area contributed by atoms with Gasteiger partial charge in [0.05, 0.1) is 10.9 Å². The molecule has 3 aromatic heterocycles. The van der Waals surface area contributed by atoms with Crippen molar-refractivity contribution >= 4 is 32.8 Å². The van der Waals surface area contributed by atoms with Crippen molar-refractivity contribution < 1.29 is 8.98 Å². The van der Waals surface area contributed by atoms with Crippen LogP contribution in [0, 0.1) is 6.92 Å². The fourth-order valence-corrected chi connectivity index (χ4v) is 3.78. The smallest absolute Gasteiger partial charge is 0.216 e. The molecule has 3 heterocycles. The normalized spacial score (nSPS) is 11.6. The quantitative estimate of drug-likeness (QED) is 0.409. The van der Waals surface area contributed by atoms with Gasteiger partial charge in [0, 0.05) is 18.3 Å². The highest BCUT2D eigenvalue weighted by Gasteiger charge is 2.23. The third-order valence-electron chi connectivity index (χ3n) is 4.96. The lowest BCUT2D eigenvalue weighted by Gasteiger charge is -2.10. The lowest BCUT2D eigenvalue weighted by atomic mass is 9.94. The van der Waals surface area contributed by atoms with Crippen molar-refractivity contribution in [3.63, 3.8) is 0 Å². The summed E-state index contributed by atoms with van der Waals surface area (Å²) in [6.07, 6.45) is 3.89. The van der Waals surface area contributed by atoms with E-state index in [1.807, 2.05) is 24.4 Å². The molecule has 25 heavy (non-hydrogen) atoms. The van der Waals surface area contributed by atoms with E-state index in [1.165, 1.54) is 16.3 Å². The second-order valence-corrected chi connectivity index (χ2v) is 6.40. The maximum Gasteiger partial charge on any atom is 0.216 e. The number of aromatic nitrogens is 2. The van der Waals surface area contributed by atoms with E-state index < -0.39 is 0 Å². The van der Waals surface area contributed by atoms with Crippen LogP contribution in [0.3, 0.4) is 0 Å². The Bertz CT molecular complexity index is 1270. The Labute approximate surface area is 145 Å². The molecule has 0 N–H and O–H groups in total. The zero-order valence-electron chi connectivity index (χ0n) is 14.2. The van der Waals surface area contributed by atoms with Crippen LogP contribution in [0.1, 0.15) is 5.56 Å². The SMILES string of the molecule is Cc1c(-c2cccc[n+]2C)c2oc3cccnc3c2c2ccccc12. The van der Waals surface area contributed by atoms with Crippen molar-refractivity contribution in [2.45, 2.75) is 6.92 Å². The van der Waals surface area contributed by atoms with E-state index in [1.54, 1.807) is 0 Å². The maximum absolute atomic E-state index is 6.31. The van der Waals surface area contributed by atoms with E-state index in [0.29, 0.717) is 0 Å². The molecule has 0 saturated heterocycles. The third-order valence-corrected chi connectivity index (χ3v) is 4.96. The van der Waals surface area contributed by atoms with Gasteiger partial charge in [-0.15, -0.1) is 0 Å². The van der Waals surface area contributed by atoms with E-state index in [0.717, 1.165) is 33.3 Å². The van der Waals surface area contributed by atoms with Crippen LogP contribution >= 0.6 is 0 Å². The van der Waals surface area contributed by atoms with Gasteiger partial charge in [0.25, 0.3) is 0 Å². The highest BCUT2D eigenvalue weighted by atomic mass is 16.3. The minimum Gasteiger partial charge on any atom is -0.453 e. The number of aryl methyl sites for hydroxylation is 2. The molecule has 0 fully saturated rings. The molecule has 0 radical (unpaired) electrons. The van der Waals surface area contributed by atoms with Gasteiger partial charge in [-0.25, -0.2) is 4.57 Å². The molecule has 3 nitrogen and oxygen atoms in total. The largest absolute Gasteiger partial charge is 0.453 e. The number of rotatable bonds is 1. The molecule has 0 amide bonds. The first-order valence-corrected chi connectivity index (χ1v) is 8.39. The third kappa shape index (κ3) is 1.92. The van der Waals surface area contributed by atoms with Crippen molar-refractivity contribution in [2.24, 2.45) is 7.05 Å². The summed E-state index contributed by atoms with van der Waals surface area (Å²) < 4.78 is 8.44. The van der Waals surface area contributed by atoms with Crippen molar-refractivity contribution in [3.8, 4) is 11.3 Å². The summed E-state index contributed by atoms with van der Waals surface area (Å²) in [5, 5.41) is 3.52. The standard InChI is InChI=1S/C22H17N2O/c1-14-15-8-3-4-9-16(15)20-21-18(11-7-12-23-21)25-22(20)19(14)17-10-5-6-13-24(17)2/h3-13H,1-2H3/q+1. The first kappa shape index (κ1) is 14.2. The molecule has 0 bridgehead atoms. The molecule has 2 aromatic carbocycles. The van der Waals surface area contributed by atoms with Gasteiger partial charge < -0.3 is 4.42 Å². The topological polar surface area (TPSA) is 29.9 Å². The van der Waals surface area contributed by atoms with Crippen LogP contribution in [0.4, 0.5) is 0 Å². The lowest BCUT2D eigenvalue weighted by molar-refractivity contribution is -0.660. The van der Waals surface area contributed by atoms with Crippen LogP contribution in [0.15, 0.2) is 71.4 Å². The molecular weight excluding hydrogens is 308 g/mol. The van der Waals surface area contributed by atoms with Crippen LogP contribution in [0.2, 0.25) is 0 Å². The average Bonchev–Trinajstić information content (AvgIpc) is 3.02. The van der Waals surface area contributed by atoms with Crippen molar-refractivity contribution in [2.75, 3.05) is 0 Å². The Balaban J connectivity index is 2.10. The van der Waals surface area contributed by atoms with Gasteiger partial charge in [-0.3, -0.25) is 4.98 Å². The summed E-state index contributed by atoms with van der Waals surface area (Å²) in [7, 11) is 2.07. The number of benzene rings is 2. The minimum absolute atomic E-state index is 0.827. The van der Waals surface area contributed by atoms with E-state index in [4.69, 9.17) is 4.42 Å². The van der Waals surface area contributed by atoms with Gasteiger partial charge in [-0.05, 0) is 41.5 Å². The van der Waals surface area contributed by atoms with Crippen LogP contribution in [0.5, 0.6) is 0 Å². The molecule has 0 saturated carbocycles. The number of hydrogen-bond donors (Lipinski definition) is 0. The average molecular weight is 325 g/mol. The van der Waals surface area contributed by atoms with Gasteiger partial charge in [0.15, 0.2) is 17.4 Å². The zero-order valence-corrected chi connectivity index (χ0v) is 14.2. The molecule has 0 aliphatic heterocycles. The Morgan fingerprint density at radius 2 is 1.72 bits per heavy atom. The summed E-state index contributed by atoms with van der Waals surface area (Å²) in [4.78, 5) is 4.61. The van der Waals surface area contributed by atoms with Gasteiger partial charge in [-0.2, -0.15) is 0 Å². The number of fused-ring (bicyclic) bond motifs is 5. The maximum atomic E-state index is 6.31. The Hall–Kier alpha value is -3.20. The fourth-order valence-electron chi connectivity index (χ4n) is 3.78. The van der Waals surface area contributed by atoms with E-state index in [9.17, 15) is 0 Å². The molecule has 120 valence electrons. The number of pyridine rings is 2. The zero-order chi connectivity index (χ0) is 17.0. The monoisotopic (exact) mass is 325 g/mol. The highest BCUT2D eigenvalue weighted by molar-refractivity contribution is 6.22. The van der Waals surface area contributed by atoms with Crippen LogP contribution in [0.25, 0.3) is 44.1 Å². The van der Waals surface area contributed by atoms with E-state index in [2.05, 4.69) is 66.1 Å². The highest BCUT2D eigenvalue weighted by Crippen LogP contribution is 2.41. The number of hydrogen-bond acceptors (Lipinski definition) is 2. The van der Waals surface area contributed by atoms with E-state index >= 15 is 0 Å². The van der Waals surface area contributed by atoms with E-state index in [-0.39, 0.29) is 0 Å². The Morgan fingerprint density at radius 3 is 2.56 bits per heavy atom. The molecule has 0 spiro atoms. The summed E-state index contributed by atoms with van der Waals surface area (Å²) in [6, 6.07) is 18.6. The first-order valence-electron chi connectivity index (χ1n) is 8.39.